The van der Waals surface area contributed by atoms with Crippen LogP contribution in [-0.2, 0) is 22.9 Å². The number of rotatable bonds is 5. The second-order valence-corrected chi connectivity index (χ2v) is 6.70. The molecule has 0 aliphatic carbocycles. The van der Waals surface area contributed by atoms with E-state index < -0.39 is 10.0 Å². The lowest BCUT2D eigenvalue weighted by Gasteiger charge is -2.16. The summed E-state index contributed by atoms with van der Waals surface area (Å²) >= 11 is 0. The lowest BCUT2D eigenvalue weighted by molar-refractivity contribution is 0.598. The summed E-state index contributed by atoms with van der Waals surface area (Å²) in [7, 11) is -3.13. The summed E-state index contributed by atoms with van der Waals surface area (Å²) in [6.07, 6.45) is 5.21. The van der Waals surface area contributed by atoms with Crippen LogP contribution in [0, 0.1) is 0 Å². The fraction of sp³-hybridized carbons (Fsp3) is 0.538. The summed E-state index contributed by atoms with van der Waals surface area (Å²) < 4.78 is 24.7. The van der Waals surface area contributed by atoms with E-state index in [1.807, 2.05) is 12.1 Å². The SMILES string of the molecule is CS(=O)(=O)N1CCc2cc(CCCCN)ccc21. The van der Waals surface area contributed by atoms with Crippen LogP contribution in [-0.4, -0.2) is 27.8 Å². The topological polar surface area (TPSA) is 63.4 Å². The van der Waals surface area contributed by atoms with E-state index in [1.54, 1.807) is 0 Å². The molecule has 5 heteroatoms. The molecule has 0 fully saturated rings. The summed E-state index contributed by atoms with van der Waals surface area (Å²) in [5.74, 6) is 0. The highest BCUT2D eigenvalue weighted by Crippen LogP contribution is 2.30. The number of anilines is 1. The van der Waals surface area contributed by atoms with Crippen molar-refractivity contribution >= 4 is 15.7 Å². The Morgan fingerprint density at radius 3 is 2.78 bits per heavy atom. The molecule has 1 aliphatic heterocycles. The molecule has 1 aromatic rings. The van der Waals surface area contributed by atoms with Crippen LogP contribution in [0.1, 0.15) is 24.0 Å². The molecule has 0 unspecified atom stereocenters. The molecule has 4 nitrogen and oxygen atoms in total. The number of nitrogens with zero attached hydrogens (tertiary/aromatic N) is 1. The molecule has 0 spiro atoms. The van der Waals surface area contributed by atoms with Gasteiger partial charge in [0, 0.05) is 6.54 Å². The molecule has 18 heavy (non-hydrogen) atoms. The van der Waals surface area contributed by atoms with Gasteiger partial charge in [-0.25, -0.2) is 8.42 Å². The summed E-state index contributed by atoms with van der Waals surface area (Å²) in [4.78, 5) is 0. The monoisotopic (exact) mass is 268 g/mol. The Labute approximate surface area is 109 Å². The van der Waals surface area contributed by atoms with Crippen molar-refractivity contribution in [2.24, 2.45) is 5.73 Å². The summed E-state index contributed by atoms with van der Waals surface area (Å²) in [6.45, 7) is 1.30. The fourth-order valence-electron chi connectivity index (χ4n) is 2.40. The maximum atomic E-state index is 11.6. The van der Waals surface area contributed by atoms with Gasteiger partial charge in [0.15, 0.2) is 0 Å². The van der Waals surface area contributed by atoms with E-state index in [9.17, 15) is 8.42 Å². The smallest absolute Gasteiger partial charge is 0.232 e. The lowest BCUT2D eigenvalue weighted by atomic mass is 10.0. The highest BCUT2D eigenvalue weighted by molar-refractivity contribution is 7.92. The van der Waals surface area contributed by atoms with Crippen LogP contribution in [0.5, 0.6) is 0 Å². The minimum atomic E-state index is -3.13. The molecule has 100 valence electrons. The zero-order valence-corrected chi connectivity index (χ0v) is 11.5. The van der Waals surface area contributed by atoms with Gasteiger partial charge in [-0.3, -0.25) is 4.31 Å². The average Bonchev–Trinajstić information content (AvgIpc) is 2.72. The standard InChI is InChI=1S/C13H20N2O2S/c1-18(16,17)15-9-7-12-10-11(4-2-3-8-14)5-6-13(12)15/h5-6,10H,2-4,7-9,14H2,1H3. The van der Waals surface area contributed by atoms with Crippen LogP contribution in [0.25, 0.3) is 0 Å². The van der Waals surface area contributed by atoms with Gasteiger partial charge in [-0.15, -0.1) is 0 Å². The van der Waals surface area contributed by atoms with Crippen LogP contribution in [0.2, 0.25) is 0 Å². The molecule has 1 aliphatic rings. The van der Waals surface area contributed by atoms with Gasteiger partial charge in [0.25, 0.3) is 0 Å². The normalized spacial score (nSPS) is 14.9. The van der Waals surface area contributed by atoms with Crippen molar-refractivity contribution in [2.45, 2.75) is 25.7 Å². The van der Waals surface area contributed by atoms with Crippen molar-refractivity contribution in [2.75, 3.05) is 23.7 Å². The molecule has 1 aromatic carbocycles. The van der Waals surface area contributed by atoms with Gasteiger partial charge in [-0.1, -0.05) is 12.1 Å². The van der Waals surface area contributed by atoms with Crippen molar-refractivity contribution in [3.05, 3.63) is 29.3 Å². The van der Waals surface area contributed by atoms with E-state index in [-0.39, 0.29) is 0 Å². The van der Waals surface area contributed by atoms with Crippen molar-refractivity contribution in [3.8, 4) is 0 Å². The third-order valence-corrected chi connectivity index (χ3v) is 4.50. The van der Waals surface area contributed by atoms with E-state index in [4.69, 9.17) is 5.73 Å². The predicted molar refractivity (Wildman–Crippen MR) is 74.3 cm³/mol. The molecule has 0 saturated heterocycles. The molecule has 0 atom stereocenters. The second kappa shape index (κ2) is 5.28. The maximum Gasteiger partial charge on any atom is 0.232 e. The van der Waals surface area contributed by atoms with Crippen molar-refractivity contribution in [1.82, 2.24) is 0 Å². The molecule has 2 N–H and O–H groups in total. The summed E-state index contributed by atoms with van der Waals surface area (Å²) in [5.41, 5.74) is 8.74. The lowest BCUT2D eigenvalue weighted by Crippen LogP contribution is -2.27. The van der Waals surface area contributed by atoms with Gasteiger partial charge in [0.05, 0.1) is 11.9 Å². The van der Waals surface area contributed by atoms with Gasteiger partial charge in [0.1, 0.15) is 0 Å². The number of aryl methyl sites for hydroxylation is 1. The first-order valence-corrected chi connectivity index (χ1v) is 8.17. The highest BCUT2D eigenvalue weighted by Gasteiger charge is 2.25. The first kappa shape index (κ1) is 13.4. The third-order valence-electron chi connectivity index (χ3n) is 3.32. The Bertz CT molecular complexity index is 526. The number of hydrogen-bond acceptors (Lipinski definition) is 3. The van der Waals surface area contributed by atoms with Crippen molar-refractivity contribution < 1.29 is 8.42 Å². The Morgan fingerprint density at radius 2 is 2.11 bits per heavy atom. The zero-order chi connectivity index (χ0) is 13.2. The highest BCUT2D eigenvalue weighted by atomic mass is 32.2. The third kappa shape index (κ3) is 2.84. The largest absolute Gasteiger partial charge is 0.330 e. The van der Waals surface area contributed by atoms with Gasteiger partial charge in [-0.05, 0) is 49.4 Å². The maximum absolute atomic E-state index is 11.6. The Balaban J connectivity index is 2.15. The van der Waals surface area contributed by atoms with Crippen LogP contribution in [0.3, 0.4) is 0 Å². The zero-order valence-electron chi connectivity index (χ0n) is 10.7. The molecule has 2 rings (SSSR count). The van der Waals surface area contributed by atoms with E-state index in [1.165, 1.54) is 16.1 Å². The van der Waals surface area contributed by atoms with Crippen molar-refractivity contribution in [3.63, 3.8) is 0 Å². The molecule has 0 aromatic heterocycles. The van der Waals surface area contributed by atoms with Gasteiger partial charge >= 0.3 is 0 Å². The molecule has 1 heterocycles. The van der Waals surface area contributed by atoms with E-state index >= 15 is 0 Å². The number of sulfonamides is 1. The van der Waals surface area contributed by atoms with Crippen molar-refractivity contribution in [1.29, 1.82) is 0 Å². The average molecular weight is 268 g/mol. The second-order valence-electron chi connectivity index (χ2n) is 4.79. The van der Waals surface area contributed by atoms with Crippen LogP contribution < -0.4 is 10.0 Å². The first-order valence-electron chi connectivity index (χ1n) is 6.32. The molecule has 0 bridgehead atoms. The minimum Gasteiger partial charge on any atom is -0.330 e. The van der Waals surface area contributed by atoms with Crippen LogP contribution >= 0.6 is 0 Å². The Kier molecular flexibility index (Phi) is 3.92. The Hall–Kier alpha value is -1.07. The van der Waals surface area contributed by atoms with E-state index in [2.05, 4.69) is 6.07 Å². The van der Waals surface area contributed by atoms with Crippen LogP contribution in [0.4, 0.5) is 5.69 Å². The number of benzene rings is 1. The number of nitrogens with two attached hydrogens (primary N) is 1. The quantitative estimate of drug-likeness (QED) is 0.818. The molecular weight excluding hydrogens is 248 g/mol. The first-order chi connectivity index (χ1) is 8.52. The summed E-state index contributed by atoms with van der Waals surface area (Å²) in [5, 5.41) is 0. The van der Waals surface area contributed by atoms with Gasteiger partial charge < -0.3 is 5.73 Å². The number of fused-ring (bicyclic) bond motifs is 1. The summed E-state index contributed by atoms with van der Waals surface area (Å²) in [6, 6.07) is 6.09. The van der Waals surface area contributed by atoms with Crippen LogP contribution in [0.15, 0.2) is 18.2 Å². The molecule has 0 amide bonds. The fourth-order valence-corrected chi connectivity index (χ4v) is 3.36. The predicted octanol–water partition coefficient (Wildman–Crippen LogP) is 1.29. The molecule has 0 saturated carbocycles. The number of unbranched alkanes of at least 4 members (excludes halogenated alkanes) is 1. The number of hydrogen-bond donors (Lipinski definition) is 1. The molecular formula is C13H20N2O2S. The van der Waals surface area contributed by atoms with E-state index in [0.29, 0.717) is 6.54 Å². The minimum absolute atomic E-state index is 0.570. The van der Waals surface area contributed by atoms with Gasteiger partial charge in [0.2, 0.25) is 10.0 Å². The van der Waals surface area contributed by atoms with Gasteiger partial charge in [-0.2, -0.15) is 0 Å². The Morgan fingerprint density at radius 1 is 1.33 bits per heavy atom. The molecule has 0 radical (unpaired) electrons. The van der Waals surface area contributed by atoms with E-state index in [0.717, 1.165) is 43.5 Å².